The minimum Gasteiger partial charge on any atom is -0.345 e. The fourth-order valence-corrected chi connectivity index (χ4v) is 5.31. The van der Waals surface area contributed by atoms with Gasteiger partial charge in [-0.3, -0.25) is 9.48 Å². The van der Waals surface area contributed by atoms with Crippen molar-refractivity contribution in [1.29, 1.82) is 0 Å². The normalized spacial score (nSPS) is 11.3. The Kier molecular flexibility index (Phi) is 4.61. The van der Waals surface area contributed by atoms with Crippen molar-refractivity contribution >= 4 is 49.0 Å². The lowest BCUT2D eigenvalue weighted by molar-refractivity contribution is 0.0955. The zero-order chi connectivity index (χ0) is 19.8. The van der Waals surface area contributed by atoms with E-state index in [-0.39, 0.29) is 5.91 Å². The van der Waals surface area contributed by atoms with Gasteiger partial charge in [0.25, 0.3) is 5.91 Å². The third-order valence-electron chi connectivity index (χ3n) is 4.74. The molecule has 0 saturated carbocycles. The number of hydrogen-bond acceptors (Lipinski definition) is 5. The number of nitrogens with zero attached hydrogens (tertiary/aromatic N) is 3. The number of benzene rings is 2. The highest BCUT2D eigenvalue weighted by atomic mass is 32.1. The van der Waals surface area contributed by atoms with Crippen molar-refractivity contribution in [2.24, 2.45) is 0 Å². The number of nitrogens with one attached hydrogen (secondary N) is 1. The Labute approximate surface area is 175 Å². The van der Waals surface area contributed by atoms with Crippen molar-refractivity contribution in [3.63, 3.8) is 0 Å². The highest BCUT2D eigenvalue weighted by molar-refractivity contribution is 7.20. The van der Waals surface area contributed by atoms with E-state index < -0.39 is 0 Å². The summed E-state index contributed by atoms with van der Waals surface area (Å²) in [4.78, 5) is 19.0. The topological polar surface area (TPSA) is 59.8 Å². The van der Waals surface area contributed by atoms with Crippen LogP contribution < -0.4 is 5.32 Å². The van der Waals surface area contributed by atoms with Gasteiger partial charge < -0.3 is 5.32 Å². The third kappa shape index (κ3) is 3.54. The van der Waals surface area contributed by atoms with E-state index in [1.54, 1.807) is 11.3 Å². The summed E-state index contributed by atoms with van der Waals surface area (Å²) in [5.74, 6) is -0.0730. The second kappa shape index (κ2) is 7.42. The minimum atomic E-state index is -0.0730. The van der Waals surface area contributed by atoms with Crippen molar-refractivity contribution in [2.45, 2.75) is 20.0 Å². The first-order chi connectivity index (χ1) is 14.2. The molecule has 3 aromatic heterocycles. The molecule has 1 amide bonds. The number of hydrogen-bond donors (Lipinski definition) is 1. The fourth-order valence-electron chi connectivity index (χ4n) is 3.33. The van der Waals surface area contributed by atoms with Gasteiger partial charge in [-0.25, -0.2) is 4.98 Å². The molecule has 0 unspecified atom stereocenters. The molecule has 0 spiro atoms. The molecule has 0 radical (unpaired) electrons. The van der Waals surface area contributed by atoms with Gasteiger partial charge >= 0.3 is 0 Å². The van der Waals surface area contributed by atoms with Crippen molar-refractivity contribution < 1.29 is 4.79 Å². The summed E-state index contributed by atoms with van der Waals surface area (Å²) in [5, 5.41) is 9.60. The van der Waals surface area contributed by atoms with E-state index in [0.29, 0.717) is 18.0 Å². The zero-order valence-electron chi connectivity index (χ0n) is 15.8. The monoisotopic (exact) mass is 418 g/mol. The number of thiophene rings is 1. The van der Waals surface area contributed by atoms with Gasteiger partial charge in [-0.1, -0.05) is 42.5 Å². The molecule has 0 fully saturated rings. The lowest BCUT2D eigenvalue weighted by Gasteiger charge is -2.03. The molecule has 0 bridgehead atoms. The maximum absolute atomic E-state index is 12.7. The molecule has 144 valence electrons. The SMILES string of the molecule is Cc1nn(Cc2ccccc2)c2sc(C(=O)NCc3nc4ccccc4s3)cc12. The van der Waals surface area contributed by atoms with Crippen LogP contribution in [0.25, 0.3) is 20.4 Å². The molecular formula is C22H18N4OS2. The van der Waals surface area contributed by atoms with Crippen LogP contribution in [0.2, 0.25) is 0 Å². The Bertz CT molecular complexity index is 1280. The number of aryl methyl sites for hydroxylation is 1. The predicted molar refractivity (Wildman–Crippen MR) is 119 cm³/mol. The second-order valence-electron chi connectivity index (χ2n) is 6.82. The quantitative estimate of drug-likeness (QED) is 0.437. The Balaban J connectivity index is 1.35. The molecule has 5 nitrogen and oxygen atoms in total. The molecular weight excluding hydrogens is 400 g/mol. The number of fused-ring (bicyclic) bond motifs is 2. The van der Waals surface area contributed by atoms with Gasteiger partial charge in [0.15, 0.2) is 0 Å². The molecule has 2 aromatic carbocycles. The largest absolute Gasteiger partial charge is 0.345 e. The van der Waals surface area contributed by atoms with Crippen LogP contribution in [0.5, 0.6) is 0 Å². The van der Waals surface area contributed by atoms with Crippen LogP contribution in [-0.2, 0) is 13.1 Å². The highest BCUT2D eigenvalue weighted by Gasteiger charge is 2.17. The fraction of sp³-hybridized carbons (Fsp3) is 0.136. The lowest BCUT2D eigenvalue weighted by atomic mass is 10.2. The molecule has 0 atom stereocenters. The number of amides is 1. The van der Waals surface area contributed by atoms with E-state index in [1.165, 1.54) is 16.9 Å². The highest BCUT2D eigenvalue weighted by Crippen LogP contribution is 2.29. The van der Waals surface area contributed by atoms with Crippen LogP contribution in [0.15, 0.2) is 60.7 Å². The molecule has 3 heterocycles. The standard InChI is InChI=1S/C22H18N4OS2/c1-14-16-11-19(29-22(16)26(25-14)13-15-7-3-2-4-8-15)21(27)23-12-20-24-17-9-5-6-10-18(17)28-20/h2-11H,12-13H2,1H3,(H,23,27). The van der Waals surface area contributed by atoms with Gasteiger partial charge in [0, 0.05) is 5.39 Å². The van der Waals surface area contributed by atoms with E-state index in [2.05, 4.69) is 27.5 Å². The smallest absolute Gasteiger partial charge is 0.261 e. The first kappa shape index (κ1) is 18.0. The predicted octanol–water partition coefficient (Wildman–Crippen LogP) is 4.99. The van der Waals surface area contributed by atoms with E-state index in [0.717, 1.165) is 31.1 Å². The third-order valence-corrected chi connectivity index (χ3v) is 6.93. The summed E-state index contributed by atoms with van der Waals surface area (Å²) in [6.07, 6.45) is 0. The van der Waals surface area contributed by atoms with Crippen molar-refractivity contribution in [2.75, 3.05) is 0 Å². The summed E-state index contributed by atoms with van der Waals surface area (Å²) < 4.78 is 3.12. The second-order valence-corrected chi connectivity index (χ2v) is 8.96. The van der Waals surface area contributed by atoms with Crippen LogP contribution in [0.3, 0.4) is 0 Å². The van der Waals surface area contributed by atoms with Crippen molar-refractivity contribution in [3.8, 4) is 0 Å². The Hall–Kier alpha value is -3.03. The molecule has 0 aliphatic carbocycles. The minimum absolute atomic E-state index is 0.0730. The van der Waals surface area contributed by atoms with Crippen LogP contribution >= 0.6 is 22.7 Å². The number of para-hydroxylation sites is 1. The van der Waals surface area contributed by atoms with Gasteiger partial charge in [0.2, 0.25) is 0 Å². The van der Waals surface area contributed by atoms with Crippen molar-refractivity contribution in [3.05, 3.63) is 81.8 Å². The number of thiazole rings is 1. The zero-order valence-corrected chi connectivity index (χ0v) is 17.4. The van der Waals surface area contributed by atoms with Crippen LogP contribution in [0, 0.1) is 6.92 Å². The first-order valence-corrected chi connectivity index (χ1v) is 10.9. The molecule has 7 heteroatoms. The van der Waals surface area contributed by atoms with Crippen LogP contribution in [0.1, 0.15) is 25.9 Å². The van der Waals surface area contributed by atoms with Gasteiger partial charge in [-0.2, -0.15) is 5.10 Å². The van der Waals surface area contributed by atoms with E-state index >= 15 is 0 Å². The summed E-state index contributed by atoms with van der Waals surface area (Å²) in [6, 6.07) is 20.2. The number of rotatable bonds is 5. The maximum atomic E-state index is 12.7. The molecule has 0 saturated heterocycles. The molecule has 5 rings (SSSR count). The summed E-state index contributed by atoms with van der Waals surface area (Å²) in [5.41, 5.74) is 3.10. The van der Waals surface area contributed by atoms with Crippen LogP contribution in [-0.4, -0.2) is 20.7 Å². The number of aromatic nitrogens is 3. The van der Waals surface area contributed by atoms with E-state index in [4.69, 9.17) is 0 Å². The van der Waals surface area contributed by atoms with E-state index in [9.17, 15) is 4.79 Å². The Morgan fingerprint density at radius 2 is 1.86 bits per heavy atom. The average Bonchev–Trinajstić information content (AvgIpc) is 3.42. The summed E-state index contributed by atoms with van der Waals surface area (Å²) in [6.45, 7) is 3.11. The molecule has 29 heavy (non-hydrogen) atoms. The van der Waals surface area contributed by atoms with Gasteiger partial charge in [-0.15, -0.1) is 22.7 Å². The Morgan fingerprint density at radius 3 is 2.69 bits per heavy atom. The van der Waals surface area contributed by atoms with Gasteiger partial charge in [0.1, 0.15) is 9.84 Å². The molecule has 1 N–H and O–H groups in total. The average molecular weight is 419 g/mol. The Morgan fingerprint density at radius 1 is 1.07 bits per heavy atom. The van der Waals surface area contributed by atoms with E-state index in [1.807, 2.05) is 60.1 Å². The van der Waals surface area contributed by atoms with Crippen molar-refractivity contribution in [1.82, 2.24) is 20.1 Å². The molecule has 0 aliphatic rings. The van der Waals surface area contributed by atoms with Gasteiger partial charge in [0.05, 0.1) is 33.9 Å². The van der Waals surface area contributed by atoms with Crippen LogP contribution in [0.4, 0.5) is 0 Å². The first-order valence-electron chi connectivity index (χ1n) is 9.31. The summed E-state index contributed by atoms with van der Waals surface area (Å²) in [7, 11) is 0. The molecule has 0 aliphatic heterocycles. The van der Waals surface area contributed by atoms with Gasteiger partial charge in [-0.05, 0) is 30.7 Å². The lowest BCUT2D eigenvalue weighted by Crippen LogP contribution is -2.21. The number of carbonyl (C=O) groups is 1. The molecule has 5 aromatic rings. The number of carbonyl (C=O) groups excluding carboxylic acids is 1. The maximum Gasteiger partial charge on any atom is 0.261 e. The summed E-state index contributed by atoms with van der Waals surface area (Å²) >= 11 is 3.09.